The van der Waals surface area contributed by atoms with E-state index in [9.17, 15) is 0 Å². The van der Waals surface area contributed by atoms with Crippen molar-refractivity contribution in [2.24, 2.45) is 15.0 Å². The molecule has 5 heteroatoms. The van der Waals surface area contributed by atoms with Crippen LogP contribution in [-0.4, -0.2) is 27.5 Å². The van der Waals surface area contributed by atoms with E-state index in [-0.39, 0.29) is 0 Å². The lowest BCUT2D eigenvalue weighted by atomic mass is 9.69. The highest BCUT2D eigenvalue weighted by molar-refractivity contribution is 6.13. The topological polar surface area (TPSA) is 46.9 Å². The Balaban J connectivity index is 0.00000268. The van der Waals surface area contributed by atoms with Gasteiger partial charge in [-0.1, -0.05) is 172 Å². The summed E-state index contributed by atoms with van der Waals surface area (Å²) >= 11 is 0. The molecule has 0 saturated carbocycles. The molecule has 13 rings (SSSR count). The Kier molecular flexibility index (Phi) is 11.6. The van der Waals surface area contributed by atoms with Crippen LogP contribution in [0.5, 0.6) is 0 Å². The molecule has 0 bridgehead atoms. The average Bonchev–Trinajstić information content (AvgIpc) is 4.16. The van der Waals surface area contributed by atoms with Gasteiger partial charge in [0.2, 0.25) is 0 Å². The molecule has 5 nitrogen and oxygen atoms in total. The Hall–Kier alpha value is -8.93. The normalized spacial score (nSPS) is 14.4. The first kappa shape index (κ1) is 45.2. The SMILES string of the molecule is C=CC1=C(/C=C\C)c2ccc(CN=C(N=C(N=C)c3ccc(-n4c5c(c6ccccc64)C=CCC5)cc3)c3ccc(-n4c5ccccc5c5ccccc54)cc3)cc2C12c1ccccc1-c1ccccc12.CC. The van der Waals surface area contributed by atoms with Crippen LogP contribution in [0.3, 0.4) is 0 Å². The van der Waals surface area contributed by atoms with E-state index < -0.39 is 5.41 Å². The Morgan fingerprint density at radius 2 is 1.14 bits per heavy atom. The number of allylic oxidation sites excluding steroid dienone is 6. The number of aromatic nitrogens is 2. The third-order valence-electron chi connectivity index (χ3n) is 14.9. The molecule has 0 atom stereocenters. The van der Waals surface area contributed by atoms with Gasteiger partial charge in [0, 0.05) is 49.9 Å². The summed E-state index contributed by atoms with van der Waals surface area (Å²) in [7, 11) is 0. The molecule has 0 N–H and O–H groups in total. The highest BCUT2D eigenvalue weighted by Gasteiger charge is 2.51. The Bertz CT molecular complexity index is 3900. The van der Waals surface area contributed by atoms with E-state index in [4.69, 9.17) is 9.98 Å². The van der Waals surface area contributed by atoms with Crippen molar-refractivity contribution in [3.63, 3.8) is 0 Å². The standard InChI is InChI=1S/C66H49N5.C2H6/c1-4-18-48-51-40-31-43(41-59(51)66(56(48)5-2)57-25-12-6-19-49(57)50-20-7-13-26-58(50)66)42-68-65(45-34-38-47(39-35-45)71-62-29-16-10-23-54(62)55-24-11-17-30-63(55)71)69-64(67-3)44-32-36-46(37-33-44)70-60-27-14-8-21-52(60)53-22-9-15-28-61(53)70;1-2/h4-14,16-27,29-41H,2-3,15,28,42H2,1H3;1-2H3/b18-4-,68-65?,69-64?;. The summed E-state index contributed by atoms with van der Waals surface area (Å²) in [6.45, 7) is 15.0. The quantitative estimate of drug-likeness (QED) is 0.108. The summed E-state index contributed by atoms with van der Waals surface area (Å²) in [4.78, 5) is 15.3. The van der Waals surface area contributed by atoms with Gasteiger partial charge in [-0.2, -0.15) is 0 Å². The monoisotopic (exact) mass is 941 g/mol. The molecule has 0 radical (unpaired) electrons. The molecular weight excluding hydrogens is 887 g/mol. The van der Waals surface area contributed by atoms with E-state index >= 15 is 0 Å². The van der Waals surface area contributed by atoms with Crippen molar-refractivity contribution in [2.45, 2.75) is 45.6 Å². The third kappa shape index (κ3) is 7.10. The van der Waals surface area contributed by atoms with Crippen molar-refractivity contribution in [3.05, 3.63) is 275 Å². The van der Waals surface area contributed by atoms with E-state index in [1.165, 1.54) is 77.5 Å². The van der Waals surface area contributed by atoms with Gasteiger partial charge in [0.05, 0.1) is 28.5 Å². The first-order chi connectivity index (χ1) is 36.1. The Morgan fingerprint density at radius 1 is 0.589 bits per heavy atom. The number of benzene rings is 8. The number of nitrogens with zero attached hydrogens (tertiary/aromatic N) is 5. The Labute approximate surface area is 427 Å². The van der Waals surface area contributed by atoms with Crippen molar-refractivity contribution >= 4 is 62.7 Å². The van der Waals surface area contributed by atoms with Crippen molar-refractivity contribution < 1.29 is 0 Å². The van der Waals surface area contributed by atoms with Crippen LogP contribution in [-0.2, 0) is 18.4 Å². The zero-order valence-electron chi connectivity index (χ0n) is 41.6. The van der Waals surface area contributed by atoms with E-state index in [2.05, 4.69) is 253 Å². The van der Waals surface area contributed by atoms with Gasteiger partial charge in [0.1, 0.15) is 0 Å². The minimum absolute atomic E-state index is 0.395. The lowest BCUT2D eigenvalue weighted by Crippen LogP contribution is -2.26. The van der Waals surface area contributed by atoms with Gasteiger partial charge in [0.25, 0.3) is 0 Å². The molecule has 2 aromatic heterocycles. The van der Waals surface area contributed by atoms with Crippen LogP contribution in [0.25, 0.3) is 66.9 Å². The Morgan fingerprint density at radius 3 is 1.74 bits per heavy atom. The summed E-state index contributed by atoms with van der Waals surface area (Å²) in [5.41, 5.74) is 20.6. The highest BCUT2D eigenvalue weighted by atomic mass is 15.0. The fourth-order valence-electron chi connectivity index (χ4n) is 12.0. The van der Waals surface area contributed by atoms with Crippen LogP contribution in [0.1, 0.15) is 77.4 Å². The second-order valence-electron chi connectivity index (χ2n) is 18.6. The molecule has 1 spiro atoms. The van der Waals surface area contributed by atoms with Gasteiger partial charge in [-0.3, -0.25) is 4.99 Å². The summed E-state index contributed by atoms with van der Waals surface area (Å²) in [6, 6.07) is 67.6. The van der Waals surface area contributed by atoms with Crippen LogP contribution in [0.4, 0.5) is 0 Å². The van der Waals surface area contributed by atoms with E-state index in [1.807, 2.05) is 13.8 Å². The van der Waals surface area contributed by atoms with Gasteiger partial charge >= 0.3 is 0 Å². The fraction of sp³-hybridized carbons (Fsp3) is 0.103. The number of amidine groups is 2. The highest BCUT2D eigenvalue weighted by Crippen LogP contribution is 2.62. The van der Waals surface area contributed by atoms with Crippen molar-refractivity contribution in [1.82, 2.24) is 9.13 Å². The molecule has 2 heterocycles. The lowest BCUT2D eigenvalue weighted by Gasteiger charge is -2.31. The van der Waals surface area contributed by atoms with Crippen LogP contribution >= 0.6 is 0 Å². The molecule has 8 aromatic carbocycles. The maximum absolute atomic E-state index is 5.41. The largest absolute Gasteiger partial charge is 0.313 e. The van der Waals surface area contributed by atoms with E-state index in [1.54, 1.807) is 0 Å². The molecule has 3 aliphatic rings. The predicted molar refractivity (Wildman–Crippen MR) is 309 cm³/mol. The zero-order valence-corrected chi connectivity index (χ0v) is 41.6. The summed E-state index contributed by atoms with van der Waals surface area (Å²) in [5, 5.41) is 3.72. The summed E-state index contributed by atoms with van der Waals surface area (Å²) < 4.78 is 4.74. The number of para-hydroxylation sites is 3. The maximum atomic E-state index is 5.41. The van der Waals surface area contributed by atoms with Gasteiger partial charge in [0.15, 0.2) is 11.7 Å². The number of aliphatic imine (C=N–C) groups is 3. The van der Waals surface area contributed by atoms with Gasteiger partial charge in [-0.15, -0.1) is 0 Å². The fourth-order valence-corrected chi connectivity index (χ4v) is 12.0. The molecule has 0 saturated heterocycles. The van der Waals surface area contributed by atoms with E-state index in [0.717, 1.165) is 51.9 Å². The number of hydrogen-bond acceptors (Lipinski definition) is 1. The summed E-state index contributed by atoms with van der Waals surface area (Å²) in [5.74, 6) is 1.08. The van der Waals surface area contributed by atoms with Crippen LogP contribution in [0.2, 0.25) is 0 Å². The van der Waals surface area contributed by atoms with Gasteiger partial charge < -0.3 is 9.13 Å². The molecule has 0 fully saturated rings. The molecule has 0 aliphatic heterocycles. The minimum atomic E-state index is -0.516. The minimum Gasteiger partial charge on any atom is -0.313 e. The number of fused-ring (bicyclic) bond motifs is 13. The first-order valence-electron chi connectivity index (χ1n) is 25.5. The molecule has 73 heavy (non-hydrogen) atoms. The molecule has 3 aliphatic carbocycles. The molecule has 352 valence electrons. The van der Waals surface area contributed by atoms with Gasteiger partial charge in [-0.25, -0.2) is 9.98 Å². The molecular formula is C68H55N5. The average molecular weight is 942 g/mol. The molecule has 10 aromatic rings. The second kappa shape index (κ2) is 18.7. The van der Waals surface area contributed by atoms with Crippen molar-refractivity contribution in [1.29, 1.82) is 0 Å². The lowest BCUT2D eigenvalue weighted by molar-refractivity contribution is 0.784. The van der Waals surface area contributed by atoms with Crippen molar-refractivity contribution in [2.75, 3.05) is 0 Å². The van der Waals surface area contributed by atoms with Gasteiger partial charge in [-0.05, 0) is 143 Å². The van der Waals surface area contributed by atoms with Crippen LogP contribution < -0.4 is 0 Å². The maximum Gasteiger partial charge on any atom is 0.161 e. The number of rotatable bonds is 8. The first-order valence-corrected chi connectivity index (χ1v) is 25.5. The zero-order chi connectivity index (χ0) is 49.6. The number of hydrogen-bond donors (Lipinski definition) is 0. The molecule has 0 amide bonds. The smallest absolute Gasteiger partial charge is 0.161 e. The van der Waals surface area contributed by atoms with Crippen LogP contribution in [0.15, 0.2) is 239 Å². The summed E-state index contributed by atoms with van der Waals surface area (Å²) in [6.07, 6.45) is 13.0. The van der Waals surface area contributed by atoms with E-state index in [0.29, 0.717) is 18.2 Å². The predicted octanol–water partition coefficient (Wildman–Crippen LogP) is 16.7. The second-order valence-corrected chi connectivity index (χ2v) is 18.6. The van der Waals surface area contributed by atoms with Crippen LogP contribution in [0, 0.1) is 0 Å². The van der Waals surface area contributed by atoms with Crippen molar-refractivity contribution in [3.8, 4) is 22.5 Å². The third-order valence-corrected chi connectivity index (χ3v) is 14.9. The molecule has 0 unspecified atom stereocenters.